The molecule has 0 radical (unpaired) electrons. The summed E-state index contributed by atoms with van der Waals surface area (Å²) in [7, 11) is -2.84. The maximum atomic E-state index is 11.8. The first kappa shape index (κ1) is 14.6. The van der Waals surface area contributed by atoms with Crippen LogP contribution in [0.1, 0.15) is 6.42 Å². The van der Waals surface area contributed by atoms with Crippen LogP contribution in [0.2, 0.25) is 0 Å². The Morgan fingerprint density at radius 1 is 1.56 bits per heavy atom. The van der Waals surface area contributed by atoms with Gasteiger partial charge in [0.2, 0.25) is 0 Å². The molecule has 9 heteroatoms. The van der Waals surface area contributed by atoms with Crippen LogP contribution in [0.4, 0.5) is 0 Å². The Bertz CT molecular complexity index is 521. The first-order valence-corrected chi connectivity index (χ1v) is 7.08. The molecule has 0 amide bonds. The van der Waals surface area contributed by atoms with Crippen LogP contribution in [0.15, 0.2) is 21.7 Å². The lowest BCUT2D eigenvalue weighted by atomic mass is 10.2. The molecule has 1 aromatic rings. The lowest BCUT2D eigenvalue weighted by Gasteiger charge is -2.12. The number of rotatable bonds is 6. The van der Waals surface area contributed by atoms with Crippen molar-refractivity contribution in [2.24, 2.45) is 0 Å². The van der Waals surface area contributed by atoms with Gasteiger partial charge in [-0.2, -0.15) is 4.72 Å². The van der Waals surface area contributed by atoms with Crippen molar-refractivity contribution >= 4 is 33.3 Å². The highest BCUT2D eigenvalue weighted by atomic mass is 32.2. The highest BCUT2D eigenvalue weighted by molar-refractivity contribution is 7.91. The van der Waals surface area contributed by atoms with Gasteiger partial charge in [-0.05, 0) is 11.4 Å². The maximum absolute atomic E-state index is 11.8. The number of esters is 1. The molecular formula is C9H11NO6S2. The van der Waals surface area contributed by atoms with Crippen LogP contribution in [0, 0.1) is 0 Å². The smallest absolute Gasteiger partial charge is 0.322 e. The van der Waals surface area contributed by atoms with Gasteiger partial charge in [0.1, 0.15) is 10.3 Å². The number of carboxylic acids is 1. The molecule has 1 atom stereocenters. The second-order valence-electron chi connectivity index (χ2n) is 3.22. The summed E-state index contributed by atoms with van der Waals surface area (Å²) in [5.41, 5.74) is 0. The number of hydrogen-bond donors (Lipinski definition) is 2. The van der Waals surface area contributed by atoms with Crippen molar-refractivity contribution in [2.75, 3.05) is 7.11 Å². The fourth-order valence-corrected chi connectivity index (χ4v) is 3.29. The maximum Gasteiger partial charge on any atom is 0.322 e. The Morgan fingerprint density at radius 2 is 2.22 bits per heavy atom. The van der Waals surface area contributed by atoms with Crippen LogP contribution in [0.5, 0.6) is 0 Å². The summed E-state index contributed by atoms with van der Waals surface area (Å²) >= 11 is 0.949. The Balaban J connectivity index is 2.85. The van der Waals surface area contributed by atoms with Crippen LogP contribution in [0.3, 0.4) is 0 Å². The number of hydrogen-bond acceptors (Lipinski definition) is 6. The van der Waals surface area contributed by atoms with E-state index in [-0.39, 0.29) is 4.21 Å². The molecule has 0 aliphatic rings. The molecule has 0 saturated heterocycles. The van der Waals surface area contributed by atoms with Gasteiger partial charge < -0.3 is 9.84 Å². The zero-order valence-corrected chi connectivity index (χ0v) is 11.0. The second kappa shape index (κ2) is 5.94. The summed E-state index contributed by atoms with van der Waals surface area (Å²) in [4.78, 5) is 21.8. The molecule has 0 aliphatic carbocycles. The first-order valence-electron chi connectivity index (χ1n) is 4.72. The third-order valence-corrected chi connectivity index (χ3v) is 4.82. The van der Waals surface area contributed by atoms with Crippen LogP contribution in [-0.4, -0.2) is 38.6 Å². The minimum atomic E-state index is -3.94. The number of carbonyl (C=O) groups is 2. The quantitative estimate of drug-likeness (QED) is 0.717. The van der Waals surface area contributed by atoms with Gasteiger partial charge in [0.05, 0.1) is 13.5 Å². The van der Waals surface area contributed by atoms with Gasteiger partial charge >= 0.3 is 11.9 Å². The lowest BCUT2D eigenvalue weighted by molar-refractivity contribution is -0.147. The van der Waals surface area contributed by atoms with E-state index < -0.39 is 34.4 Å². The van der Waals surface area contributed by atoms with E-state index in [0.29, 0.717) is 0 Å². The van der Waals surface area contributed by atoms with Crippen molar-refractivity contribution in [3.05, 3.63) is 17.5 Å². The van der Waals surface area contributed by atoms with Gasteiger partial charge in [0.25, 0.3) is 10.0 Å². The molecule has 2 N–H and O–H groups in total. The molecule has 1 rings (SSSR count). The number of sulfonamides is 1. The number of thiophene rings is 1. The number of nitrogens with one attached hydrogen (secondary N) is 1. The summed E-state index contributed by atoms with van der Waals surface area (Å²) in [6.07, 6.45) is -0.573. The van der Waals surface area contributed by atoms with E-state index in [1.54, 1.807) is 5.38 Å². The van der Waals surface area contributed by atoms with Crippen molar-refractivity contribution in [1.29, 1.82) is 0 Å². The summed E-state index contributed by atoms with van der Waals surface area (Å²) in [6.45, 7) is 0. The van der Waals surface area contributed by atoms with Crippen molar-refractivity contribution in [2.45, 2.75) is 16.7 Å². The Kier molecular flexibility index (Phi) is 4.82. The molecule has 0 unspecified atom stereocenters. The largest absolute Gasteiger partial charge is 0.480 e. The zero-order chi connectivity index (χ0) is 13.8. The number of aliphatic carboxylic acids is 1. The van der Waals surface area contributed by atoms with E-state index >= 15 is 0 Å². The zero-order valence-electron chi connectivity index (χ0n) is 9.32. The normalized spacial score (nSPS) is 12.9. The topological polar surface area (TPSA) is 110 Å². The van der Waals surface area contributed by atoms with Crippen LogP contribution >= 0.6 is 11.3 Å². The molecule has 0 aliphatic heterocycles. The molecule has 1 heterocycles. The van der Waals surface area contributed by atoms with Gasteiger partial charge in [-0.15, -0.1) is 11.3 Å². The van der Waals surface area contributed by atoms with Gasteiger partial charge in [0.15, 0.2) is 0 Å². The Hall–Kier alpha value is -1.45. The van der Waals surface area contributed by atoms with Crippen LogP contribution in [0.25, 0.3) is 0 Å². The van der Waals surface area contributed by atoms with E-state index in [4.69, 9.17) is 5.11 Å². The minimum absolute atomic E-state index is 0.0152. The van der Waals surface area contributed by atoms with Crippen molar-refractivity contribution in [1.82, 2.24) is 4.72 Å². The molecule has 18 heavy (non-hydrogen) atoms. The van der Waals surface area contributed by atoms with Crippen molar-refractivity contribution in [3.8, 4) is 0 Å². The third-order valence-electron chi connectivity index (χ3n) is 1.95. The molecule has 0 fully saturated rings. The van der Waals surface area contributed by atoms with Crippen molar-refractivity contribution in [3.63, 3.8) is 0 Å². The van der Waals surface area contributed by atoms with Gasteiger partial charge in [-0.3, -0.25) is 9.59 Å². The van der Waals surface area contributed by atoms with E-state index in [2.05, 4.69) is 4.74 Å². The number of ether oxygens (including phenoxy) is 1. The molecule has 0 bridgehead atoms. The molecule has 100 valence electrons. The van der Waals surface area contributed by atoms with E-state index in [1.165, 1.54) is 12.1 Å². The molecule has 7 nitrogen and oxygen atoms in total. The average Bonchev–Trinajstić information content (AvgIpc) is 2.81. The Morgan fingerprint density at radius 3 is 2.67 bits per heavy atom. The minimum Gasteiger partial charge on any atom is -0.480 e. The van der Waals surface area contributed by atoms with Gasteiger partial charge in [0, 0.05) is 0 Å². The predicted octanol–water partition coefficient (Wildman–Crippen LogP) is 0.0427. The molecule has 0 aromatic carbocycles. The standard InChI is InChI=1S/C9H11NO6S2/c1-16-7(11)5-6(9(12)13)10-18(14,15)8-3-2-4-17-8/h2-4,6,10H,5H2,1H3,(H,12,13)/t6-/m0/s1. The molecule has 1 aromatic heterocycles. The summed E-state index contributed by atoms with van der Waals surface area (Å²) in [6, 6.07) is 1.31. The fraction of sp³-hybridized carbons (Fsp3) is 0.333. The molecule has 0 saturated carbocycles. The van der Waals surface area contributed by atoms with E-state index in [9.17, 15) is 18.0 Å². The molecular weight excluding hydrogens is 282 g/mol. The van der Waals surface area contributed by atoms with Crippen molar-refractivity contribution < 1.29 is 27.9 Å². The van der Waals surface area contributed by atoms with Crippen LogP contribution in [-0.2, 0) is 24.3 Å². The van der Waals surface area contributed by atoms with Crippen LogP contribution < -0.4 is 4.72 Å². The fourth-order valence-electron chi connectivity index (χ4n) is 1.09. The van der Waals surface area contributed by atoms with Gasteiger partial charge in [-0.25, -0.2) is 8.42 Å². The summed E-state index contributed by atoms with van der Waals surface area (Å²) in [5, 5.41) is 10.4. The number of methoxy groups -OCH3 is 1. The number of carbonyl (C=O) groups excluding carboxylic acids is 1. The highest BCUT2D eigenvalue weighted by Gasteiger charge is 2.28. The van der Waals surface area contributed by atoms with E-state index in [1.807, 2.05) is 4.72 Å². The predicted molar refractivity (Wildman–Crippen MR) is 62.7 cm³/mol. The van der Waals surface area contributed by atoms with E-state index in [0.717, 1.165) is 18.4 Å². The summed E-state index contributed by atoms with van der Waals surface area (Å²) < 4.78 is 29.8. The summed E-state index contributed by atoms with van der Waals surface area (Å²) in [5.74, 6) is -2.25. The lowest BCUT2D eigenvalue weighted by Crippen LogP contribution is -2.42. The average molecular weight is 293 g/mol. The Labute approximate surface area is 107 Å². The monoisotopic (exact) mass is 293 g/mol. The molecule has 0 spiro atoms. The second-order valence-corrected chi connectivity index (χ2v) is 6.11. The number of carboxylic acid groups (broad SMARTS) is 1. The third kappa shape index (κ3) is 3.79. The highest BCUT2D eigenvalue weighted by Crippen LogP contribution is 2.16. The van der Waals surface area contributed by atoms with Gasteiger partial charge in [-0.1, -0.05) is 6.07 Å². The first-order chi connectivity index (χ1) is 8.36. The SMILES string of the molecule is COC(=O)C[C@H](NS(=O)(=O)c1cccs1)C(=O)O.